The Morgan fingerprint density at radius 1 is 1.29 bits per heavy atom. The maximum absolute atomic E-state index is 12.0. The van der Waals surface area contributed by atoms with Gasteiger partial charge in [0.05, 0.1) is 6.54 Å². The zero-order chi connectivity index (χ0) is 12.4. The maximum Gasteiger partial charge on any atom is 0.223 e. The quantitative estimate of drug-likeness (QED) is 0.806. The summed E-state index contributed by atoms with van der Waals surface area (Å²) in [5.74, 6) is 0.158. The highest BCUT2D eigenvalue weighted by atomic mass is 16.2. The standard InChI is InChI=1S/C14H17NO2/c1-9-3-4-10(2)12(7-9)13(16)8-15-14(17)11-5-6-11/h3-4,7,11H,5-6,8H2,1-2H3,(H,15,17). The Labute approximate surface area is 101 Å². The van der Waals surface area contributed by atoms with E-state index in [1.807, 2.05) is 32.0 Å². The van der Waals surface area contributed by atoms with Crippen molar-refractivity contribution >= 4 is 11.7 Å². The second-order valence-electron chi connectivity index (χ2n) is 4.73. The van der Waals surface area contributed by atoms with Crippen LogP contribution < -0.4 is 5.32 Å². The topological polar surface area (TPSA) is 46.2 Å². The highest BCUT2D eigenvalue weighted by Crippen LogP contribution is 2.28. The molecular weight excluding hydrogens is 214 g/mol. The number of carbonyl (C=O) groups is 2. The molecule has 0 spiro atoms. The first kappa shape index (κ1) is 11.8. The molecule has 1 aromatic rings. The first-order chi connectivity index (χ1) is 8.08. The Hall–Kier alpha value is -1.64. The zero-order valence-corrected chi connectivity index (χ0v) is 10.2. The van der Waals surface area contributed by atoms with Crippen LogP contribution in [0.1, 0.15) is 34.3 Å². The molecule has 0 heterocycles. The molecule has 0 bridgehead atoms. The van der Waals surface area contributed by atoms with Gasteiger partial charge in [-0.3, -0.25) is 9.59 Å². The Morgan fingerprint density at radius 2 is 2.00 bits per heavy atom. The molecule has 1 N–H and O–H groups in total. The summed E-state index contributed by atoms with van der Waals surface area (Å²) in [6.07, 6.45) is 1.92. The van der Waals surface area contributed by atoms with E-state index in [0.29, 0.717) is 5.56 Å². The fourth-order valence-electron chi connectivity index (χ4n) is 1.79. The monoisotopic (exact) mass is 231 g/mol. The van der Waals surface area contributed by atoms with Crippen LogP contribution in [0, 0.1) is 19.8 Å². The molecule has 1 aliphatic rings. The third-order valence-electron chi connectivity index (χ3n) is 3.06. The molecule has 1 aromatic carbocycles. The van der Waals surface area contributed by atoms with Gasteiger partial charge in [0.1, 0.15) is 0 Å². The van der Waals surface area contributed by atoms with Crippen molar-refractivity contribution < 1.29 is 9.59 Å². The van der Waals surface area contributed by atoms with Crippen LogP contribution in [0.4, 0.5) is 0 Å². The van der Waals surface area contributed by atoms with Crippen LogP contribution >= 0.6 is 0 Å². The van der Waals surface area contributed by atoms with Crippen molar-refractivity contribution in [1.29, 1.82) is 0 Å². The van der Waals surface area contributed by atoms with Gasteiger partial charge in [-0.15, -0.1) is 0 Å². The molecule has 0 atom stereocenters. The summed E-state index contributed by atoms with van der Waals surface area (Å²) in [7, 11) is 0. The second-order valence-corrected chi connectivity index (χ2v) is 4.73. The SMILES string of the molecule is Cc1ccc(C)c(C(=O)CNC(=O)C2CC2)c1. The molecule has 90 valence electrons. The van der Waals surface area contributed by atoms with Crippen LogP contribution in [0.25, 0.3) is 0 Å². The van der Waals surface area contributed by atoms with Gasteiger partial charge in [-0.05, 0) is 38.3 Å². The van der Waals surface area contributed by atoms with Crippen LogP contribution in [-0.2, 0) is 4.79 Å². The van der Waals surface area contributed by atoms with Crippen molar-refractivity contribution in [2.75, 3.05) is 6.54 Å². The molecule has 1 amide bonds. The fourth-order valence-corrected chi connectivity index (χ4v) is 1.79. The average Bonchev–Trinajstić information content (AvgIpc) is 3.12. The predicted octanol–water partition coefficient (Wildman–Crippen LogP) is 2.01. The Kier molecular flexibility index (Phi) is 3.27. The molecule has 0 unspecified atom stereocenters. The molecule has 0 saturated heterocycles. The highest BCUT2D eigenvalue weighted by Gasteiger charge is 2.29. The number of benzene rings is 1. The van der Waals surface area contributed by atoms with Crippen LogP contribution in [0.5, 0.6) is 0 Å². The van der Waals surface area contributed by atoms with Gasteiger partial charge in [-0.2, -0.15) is 0 Å². The molecule has 0 aromatic heterocycles. The minimum absolute atomic E-state index is 0.0137. The van der Waals surface area contributed by atoms with E-state index in [1.54, 1.807) is 0 Å². The molecule has 0 radical (unpaired) electrons. The van der Waals surface area contributed by atoms with E-state index in [9.17, 15) is 9.59 Å². The lowest BCUT2D eigenvalue weighted by Gasteiger charge is -2.07. The highest BCUT2D eigenvalue weighted by molar-refractivity contribution is 6.00. The Balaban J connectivity index is 1.98. The predicted molar refractivity (Wildman–Crippen MR) is 66.0 cm³/mol. The second kappa shape index (κ2) is 4.70. The molecule has 1 aliphatic carbocycles. The van der Waals surface area contributed by atoms with E-state index in [2.05, 4.69) is 5.32 Å². The normalized spacial score (nSPS) is 14.5. The third-order valence-corrected chi connectivity index (χ3v) is 3.06. The lowest BCUT2D eigenvalue weighted by Crippen LogP contribution is -2.30. The van der Waals surface area contributed by atoms with Crippen LogP contribution in [0.3, 0.4) is 0 Å². The first-order valence-corrected chi connectivity index (χ1v) is 5.96. The molecular formula is C14H17NO2. The van der Waals surface area contributed by atoms with E-state index in [-0.39, 0.29) is 24.2 Å². The van der Waals surface area contributed by atoms with Crippen molar-refractivity contribution in [3.8, 4) is 0 Å². The number of aryl methyl sites for hydroxylation is 2. The summed E-state index contributed by atoms with van der Waals surface area (Å²) in [6, 6.07) is 5.79. The maximum atomic E-state index is 12.0. The smallest absolute Gasteiger partial charge is 0.223 e. The van der Waals surface area contributed by atoms with Crippen molar-refractivity contribution in [3.63, 3.8) is 0 Å². The van der Waals surface area contributed by atoms with Gasteiger partial charge in [-0.1, -0.05) is 17.7 Å². The van der Waals surface area contributed by atoms with Crippen molar-refractivity contribution in [2.45, 2.75) is 26.7 Å². The van der Waals surface area contributed by atoms with E-state index >= 15 is 0 Å². The van der Waals surface area contributed by atoms with Crippen molar-refractivity contribution in [1.82, 2.24) is 5.32 Å². The average molecular weight is 231 g/mol. The number of carbonyl (C=O) groups excluding carboxylic acids is 2. The van der Waals surface area contributed by atoms with Crippen LogP contribution in [0.15, 0.2) is 18.2 Å². The summed E-state index contributed by atoms with van der Waals surface area (Å²) in [4.78, 5) is 23.4. The fraction of sp³-hybridized carbons (Fsp3) is 0.429. The number of ketones is 1. The molecule has 1 saturated carbocycles. The molecule has 1 fully saturated rings. The van der Waals surface area contributed by atoms with Crippen molar-refractivity contribution in [2.24, 2.45) is 5.92 Å². The number of amides is 1. The Bertz CT molecular complexity index is 461. The number of Topliss-reactive ketones (excluding diaryl/α,β-unsaturated/α-hetero) is 1. The van der Waals surface area contributed by atoms with Gasteiger partial charge in [0.25, 0.3) is 0 Å². The van der Waals surface area contributed by atoms with E-state index < -0.39 is 0 Å². The number of rotatable bonds is 4. The lowest BCUT2D eigenvalue weighted by molar-refractivity contribution is -0.122. The van der Waals surface area contributed by atoms with Gasteiger partial charge in [0.2, 0.25) is 5.91 Å². The molecule has 0 aliphatic heterocycles. The van der Waals surface area contributed by atoms with E-state index in [4.69, 9.17) is 0 Å². The lowest BCUT2D eigenvalue weighted by atomic mass is 10.0. The summed E-state index contributed by atoms with van der Waals surface area (Å²) < 4.78 is 0. The van der Waals surface area contributed by atoms with E-state index in [0.717, 1.165) is 24.0 Å². The van der Waals surface area contributed by atoms with Crippen LogP contribution in [0.2, 0.25) is 0 Å². The minimum Gasteiger partial charge on any atom is -0.348 e. The van der Waals surface area contributed by atoms with Gasteiger partial charge < -0.3 is 5.32 Å². The largest absolute Gasteiger partial charge is 0.348 e. The molecule has 3 nitrogen and oxygen atoms in total. The zero-order valence-electron chi connectivity index (χ0n) is 10.2. The minimum atomic E-state index is -0.0137. The number of hydrogen-bond acceptors (Lipinski definition) is 2. The van der Waals surface area contributed by atoms with E-state index in [1.165, 1.54) is 0 Å². The summed E-state index contributed by atoms with van der Waals surface area (Å²) >= 11 is 0. The molecule has 3 heteroatoms. The number of nitrogens with one attached hydrogen (secondary N) is 1. The third kappa shape index (κ3) is 2.93. The Morgan fingerprint density at radius 3 is 2.65 bits per heavy atom. The summed E-state index contributed by atoms with van der Waals surface area (Å²) in [6.45, 7) is 3.98. The number of hydrogen-bond donors (Lipinski definition) is 1. The molecule has 2 rings (SSSR count). The van der Waals surface area contributed by atoms with Crippen LogP contribution in [-0.4, -0.2) is 18.2 Å². The van der Waals surface area contributed by atoms with Gasteiger partial charge >= 0.3 is 0 Å². The first-order valence-electron chi connectivity index (χ1n) is 5.96. The van der Waals surface area contributed by atoms with Gasteiger partial charge in [0.15, 0.2) is 5.78 Å². The molecule has 17 heavy (non-hydrogen) atoms. The van der Waals surface area contributed by atoms with Gasteiger partial charge in [0, 0.05) is 11.5 Å². The van der Waals surface area contributed by atoms with Crippen molar-refractivity contribution in [3.05, 3.63) is 34.9 Å². The van der Waals surface area contributed by atoms with Gasteiger partial charge in [-0.25, -0.2) is 0 Å². The summed E-state index contributed by atoms with van der Waals surface area (Å²) in [5, 5.41) is 2.70. The summed E-state index contributed by atoms with van der Waals surface area (Å²) in [5.41, 5.74) is 2.73.